The lowest BCUT2D eigenvalue weighted by atomic mass is 9.80. The maximum Gasteiger partial charge on any atom is 0.458 e. The fourth-order valence-electron chi connectivity index (χ4n) is 3.20. The molecule has 0 bridgehead atoms. The van der Waals surface area contributed by atoms with Crippen LogP contribution >= 0.6 is 0 Å². The Morgan fingerprint density at radius 3 is 2.12 bits per heavy atom. The van der Waals surface area contributed by atoms with Gasteiger partial charge in [0.15, 0.2) is 0 Å². The summed E-state index contributed by atoms with van der Waals surface area (Å²) in [5, 5.41) is 0. The molecule has 1 aromatic carbocycles. The first-order valence-electron chi connectivity index (χ1n) is 8.50. The zero-order valence-corrected chi connectivity index (χ0v) is 14.1. The number of benzene rings is 1. The molecule has 0 atom stereocenters. The second-order valence-corrected chi connectivity index (χ2v) is 6.50. The minimum Gasteiger partial charge on any atom is -0.493 e. The number of rotatable bonds is 5. The molecular weight excluding hydrogens is 339 g/mol. The van der Waals surface area contributed by atoms with Crippen LogP contribution in [0.1, 0.15) is 51.0 Å². The van der Waals surface area contributed by atoms with E-state index in [4.69, 9.17) is 4.74 Å². The quantitative estimate of drug-likeness (QED) is 0.472. The highest BCUT2D eigenvalue weighted by Crippen LogP contribution is 2.32. The smallest absolute Gasteiger partial charge is 0.458 e. The van der Waals surface area contributed by atoms with E-state index in [1.807, 2.05) is 0 Å². The third-order valence-electron chi connectivity index (χ3n) is 4.49. The summed E-state index contributed by atoms with van der Waals surface area (Å²) in [7, 11) is 0. The van der Waals surface area contributed by atoms with E-state index >= 15 is 0 Å². The predicted molar refractivity (Wildman–Crippen MR) is 85.1 cm³/mol. The van der Waals surface area contributed by atoms with E-state index in [0.29, 0.717) is 12.5 Å². The van der Waals surface area contributed by atoms with Crippen LogP contribution in [0.15, 0.2) is 12.1 Å². The van der Waals surface area contributed by atoms with Crippen molar-refractivity contribution >= 4 is 0 Å². The van der Waals surface area contributed by atoms with Crippen molar-refractivity contribution < 1.29 is 26.7 Å². The lowest BCUT2D eigenvalue weighted by Crippen LogP contribution is -2.20. The van der Waals surface area contributed by atoms with Crippen LogP contribution in [0.25, 0.3) is 0 Å². The largest absolute Gasteiger partial charge is 0.493 e. The molecule has 138 valence electrons. The molecule has 0 spiro atoms. The van der Waals surface area contributed by atoms with Crippen molar-refractivity contribution in [3.63, 3.8) is 0 Å². The highest BCUT2D eigenvalue weighted by Gasteiger charge is 2.24. The van der Waals surface area contributed by atoms with Crippen molar-refractivity contribution in [3.8, 4) is 17.6 Å². The Bertz CT molecular complexity index is 610. The molecule has 0 amide bonds. The molecule has 0 N–H and O–H groups in total. The van der Waals surface area contributed by atoms with E-state index in [0.717, 1.165) is 49.7 Å². The first-order chi connectivity index (χ1) is 11.8. The van der Waals surface area contributed by atoms with Crippen LogP contribution in [0.4, 0.5) is 22.0 Å². The maximum atomic E-state index is 13.8. The van der Waals surface area contributed by atoms with Crippen LogP contribution in [0.5, 0.6) is 5.75 Å². The van der Waals surface area contributed by atoms with E-state index in [2.05, 4.69) is 6.92 Å². The maximum absolute atomic E-state index is 13.8. The number of hydrogen-bond donors (Lipinski definition) is 0. The van der Waals surface area contributed by atoms with E-state index < -0.39 is 23.4 Å². The topological polar surface area (TPSA) is 9.23 Å². The molecule has 1 fully saturated rings. The zero-order chi connectivity index (χ0) is 18.4. The second-order valence-electron chi connectivity index (χ2n) is 6.50. The Morgan fingerprint density at radius 1 is 1.04 bits per heavy atom. The third-order valence-corrected chi connectivity index (χ3v) is 4.49. The van der Waals surface area contributed by atoms with Crippen molar-refractivity contribution in [1.29, 1.82) is 0 Å². The average molecular weight is 360 g/mol. The van der Waals surface area contributed by atoms with Crippen LogP contribution in [-0.2, 0) is 0 Å². The third kappa shape index (κ3) is 6.22. The fourth-order valence-corrected chi connectivity index (χ4v) is 3.20. The van der Waals surface area contributed by atoms with E-state index in [-0.39, 0.29) is 5.75 Å². The van der Waals surface area contributed by atoms with Crippen LogP contribution in [0.2, 0.25) is 0 Å². The van der Waals surface area contributed by atoms with Crippen molar-refractivity contribution in [2.45, 2.75) is 51.6 Å². The van der Waals surface area contributed by atoms with Crippen molar-refractivity contribution in [2.24, 2.45) is 11.8 Å². The van der Waals surface area contributed by atoms with Gasteiger partial charge in [-0.15, -0.1) is 0 Å². The average Bonchev–Trinajstić information content (AvgIpc) is 2.52. The molecule has 6 heteroatoms. The zero-order valence-electron chi connectivity index (χ0n) is 14.1. The lowest BCUT2D eigenvalue weighted by molar-refractivity contribution is -0.0696. The highest BCUT2D eigenvalue weighted by molar-refractivity contribution is 5.41. The SMILES string of the molecule is CCCC1CCC(COc2cc(F)c(C#CC(F)(F)F)c(F)c2)CC1. The van der Waals surface area contributed by atoms with Crippen molar-refractivity contribution in [1.82, 2.24) is 0 Å². The van der Waals surface area contributed by atoms with Crippen molar-refractivity contribution in [2.75, 3.05) is 6.61 Å². The normalized spacial score (nSPS) is 20.7. The van der Waals surface area contributed by atoms with Gasteiger partial charge in [-0.1, -0.05) is 38.5 Å². The van der Waals surface area contributed by atoms with Gasteiger partial charge in [0.05, 0.1) is 12.2 Å². The first kappa shape index (κ1) is 19.6. The number of alkyl halides is 3. The van der Waals surface area contributed by atoms with Gasteiger partial charge < -0.3 is 4.74 Å². The monoisotopic (exact) mass is 360 g/mol. The molecule has 0 unspecified atom stereocenters. The summed E-state index contributed by atoms with van der Waals surface area (Å²) < 4.78 is 69.2. The van der Waals surface area contributed by atoms with E-state index in [1.165, 1.54) is 18.8 Å². The fraction of sp³-hybridized carbons (Fsp3) is 0.579. The second kappa shape index (κ2) is 8.55. The Hall–Kier alpha value is -1.77. The Balaban J connectivity index is 1.94. The van der Waals surface area contributed by atoms with Crippen LogP contribution in [0, 0.1) is 35.3 Å². The summed E-state index contributed by atoms with van der Waals surface area (Å²) in [4.78, 5) is 0. The van der Waals surface area contributed by atoms with E-state index in [9.17, 15) is 22.0 Å². The Kier molecular flexibility index (Phi) is 6.69. The van der Waals surface area contributed by atoms with Crippen LogP contribution in [-0.4, -0.2) is 12.8 Å². The van der Waals surface area contributed by atoms with Crippen molar-refractivity contribution in [3.05, 3.63) is 29.3 Å². The Labute approximate surface area is 144 Å². The summed E-state index contributed by atoms with van der Waals surface area (Å²) >= 11 is 0. The van der Waals surface area contributed by atoms with Gasteiger partial charge in [0.25, 0.3) is 0 Å². The molecule has 1 aromatic rings. The van der Waals surface area contributed by atoms with Crippen LogP contribution < -0.4 is 4.74 Å². The summed E-state index contributed by atoms with van der Waals surface area (Å²) in [6.45, 7) is 2.52. The minimum atomic E-state index is -4.80. The molecule has 1 saturated carbocycles. The van der Waals surface area contributed by atoms with E-state index in [1.54, 1.807) is 0 Å². The number of hydrogen-bond acceptors (Lipinski definition) is 1. The number of halogens is 5. The molecule has 0 saturated heterocycles. The highest BCUT2D eigenvalue weighted by atomic mass is 19.4. The molecule has 1 nitrogen and oxygen atoms in total. The molecule has 0 radical (unpaired) electrons. The lowest BCUT2D eigenvalue weighted by Gasteiger charge is -2.28. The van der Waals surface area contributed by atoms with Gasteiger partial charge in [-0.3, -0.25) is 0 Å². The minimum absolute atomic E-state index is 0.0248. The van der Waals surface area contributed by atoms with Gasteiger partial charge in [0, 0.05) is 18.1 Å². The molecule has 0 aliphatic heterocycles. The van der Waals surface area contributed by atoms with Gasteiger partial charge in [-0.2, -0.15) is 13.2 Å². The molecule has 25 heavy (non-hydrogen) atoms. The van der Waals surface area contributed by atoms with Gasteiger partial charge >= 0.3 is 6.18 Å². The van der Waals surface area contributed by atoms with Crippen LogP contribution in [0.3, 0.4) is 0 Å². The molecule has 0 aromatic heterocycles. The van der Waals surface area contributed by atoms with Gasteiger partial charge in [0.1, 0.15) is 17.4 Å². The van der Waals surface area contributed by atoms with Gasteiger partial charge in [-0.25, -0.2) is 8.78 Å². The summed E-state index contributed by atoms with van der Waals surface area (Å²) in [5.41, 5.74) is -0.898. The molecule has 2 rings (SSSR count). The van der Waals surface area contributed by atoms with Gasteiger partial charge in [-0.05, 0) is 24.7 Å². The summed E-state index contributed by atoms with van der Waals surface area (Å²) in [6.07, 6.45) is 1.91. The summed E-state index contributed by atoms with van der Waals surface area (Å²) in [6, 6.07) is 1.76. The molecule has 1 aliphatic rings. The standard InChI is InChI=1S/C19H21F5O/c1-2-3-13-4-6-14(7-5-13)12-25-15-10-17(20)16(18(21)11-15)8-9-19(22,23)24/h10-11,13-14H,2-7,12H2,1H3. The summed E-state index contributed by atoms with van der Waals surface area (Å²) in [5.74, 6) is 1.11. The molecule has 0 heterocycles. The number of ether oxygens (including phenoxy) is 1. The Morgan fingerprint density at radius 2 is 1.60 bits per heavy atom. The van der Waals surface area contributed by atoms with Gasteiger partial charge in [0.2, 0.25) is 0 Å². The molecule has 1 aliphatic carbocycles. The first-order valence-corrected chi connectivity index (χ1v) is 8.50. The molecular formula is C19H21F5O. The predicted octanol–water partition coefficient (Wildman–Crippen LogP) is 5.86.